The van der Waals surface area contributed by atoms with Gasteiger partial charge < -0.3 is 11.1 Å². The highest BCUT2D eigenvalue weighted by Gasteiger charge is 2.19. The summed E-state index contributed by atoms with van der Waals surface area (Å²) in [5.74, 6) is -0.452. The van der Waals surface area contributed by atoms with Crippen molar-refractivity contribution >= 4 is 15.9 Å². The van der Waals surface area contributed by atoms with Crippen molar-refractivity contribution in [1.82, 2.24) is 9.62 Å². The first kappa shape index (κ1) is 14.3. The van der Waals surface area contributed by atoms with Crippen molar-refractivity contribution in [2.24, 2.45) is 5.73 Å². The van der Waals surface area contributed by atoms with E-state index in [1.807, 2.05) is 13.8 Å². The van der Waals surface area contributed by atoms with Crippen molar-refractivity contribution in [3.05, 3.63) is 0 Å². The van der Waals surface area contributed by atoms with Crippen molar-refractivity contribution in [3.8, 4) is 0 Å². The normalized spacial score (nSPS) is 12.1. The molecule has 3 N–H and O–H groups in total. The molecule has 6 nitrogen and oxygen atoms in total. The average molecular weight is 237 g/mol. The Morgan fingerprint density at radius 2 is 2.00 bits per heavy atom. The SMILES string of the molecule is CC(C)NC(=O)CN(C)S(=O)(=O)CCN. The molecule has 0 aromatic rings. The third-order valence-electron chi connectivity index (χ3n) is 1.67. The van der Waals surface area contributed by atoms with Crippen molar-refractivity contribution in [2.75, 3.05) is 25.9 Å². The third-order valence-corrected chi connectivity index (χ3v) is 3.50. The van der Waals surface area contributed by atoms with E-state index in [2.05, 4.69) is 5.32 Å². The van der Waals surface area contributed by atoms with E-state index in [-0.39, 0.29) is 30.8 Å². The van der Waals surface area contributed by atoms with Crippen molar-refractivity contribution < 1.29 is 13.2 Å². The van der Waals surface area contributed by atoms with Gasteiger partial charge in [-0.1, -0.05) is 0 Å². The number of hydrogen-bond donors (Lipinski definition) is 2. The highest BCUT2D eigenvalue weighted by molar-refractivity contribution is 7.89. The quantitative estimate of drug-likeness (QED) is 0.602. The van der Waals surface area contributed by atoms with E-state index in [9.17, 15) is 13.2 Å². The Balaban J connectivity index is 4.24. The Hall–Kier alpha value is -0.660. The van der Waals surface area contributed by atoms with Crippen LogP contribution >= 0.6 is 0 Å². The molecule has 90 valence electrons. The van der Waals surface area contributed by atoms with E-state index in [0.717, 1.165) is 4.31 Å². The first-order valence-corrected chi connectivity index (χ1v) is 6.34. The van der Waals surface area contributed by atoms with Gasteiger partial charge in [0.05, 0.1) is 12.3 Å². The van der Waals surface area contributed by atoms with Crippen LogP contribution in [0.2, 0.25) is 0 Å². The maximum absolute atomic E-state index is 11.4. The molecule has 0 saturated heterocycles. The van der Waals surface area contributed by atoms with Crippen molar-refractivity contribution in [3.63, 3.8) is 0 Å². The molecule has 0 heterocycles. The minimum atomic E-state index is -3.39. The Labute approximate surface area is 90.9 Å². The molecule has 0 aromatic carbocycles. The molecule has 0 fully saturated rings. The van der Waals surface area contributed by atoms with Gasteiger partial charge in [0.25, 0.3) is 0 Å². The monoisotopic (exact) mass is 237 g/mol. The van der Waals surface area contributed by atoms with Gasteiger partial charge in [0.15, 0.2) is 0 Å². The summed E-state index contributed by atoms with van der Waals surface area (Å²) in [6.45, 7) is 3.51. The number of amides is 1. The number of carbonyl (C=O) groups is 1. The fourth-order valence-electron chi connectivity index (χ4n) is 0.973. The summed E-state index contributed by atoms with van der Waals surface area (Å²) in [6, 6.07) is 0.00288. The zero-order valence-corrected chi connectivity index (χ0v) is 10.2. The molecule has 0 aliphatic carbocycles. The first-order valence-electron chi connectivity index (χ1n) is 4.73. The van der Waals surface area contributed by atoms with Crippen molar-refractivity contribution in [2.45, 2.75) is 19.9 Å². The molecular weight excluding hydrogens is 218 g/mol. The van der Waals surface area contributed by atoms with E-state index in [4.69, 9.17) is 5.73 Å². The number of nitrogens with two attached hydrogens (primary N) is 1. The number of nitrogens with zero attached hydrogens (tertiary/aromatic N) is 1. The Morgan fingerprint density at radius 3 is 2.40 bits per heavy atom. The summed E-state index contributed by atoms with van der Waals surface area (Å²) in [5, 5.41) is 2.61. The van der Waals surface area contributed by atoms with Gasteiger partial charge in [-0.05, 0) is 13.8 Å². The van der Waals surface area contributed by atoms with Crippen LogP contribution in [0.3, 0.4) is 0 Å². The second-order valence-electron chi connectivity index (χ2n) is 3.58. The van der Waals surface area contributed by atoms with Gasteiger partial charge in [-0.3, -0.25) is 4.79 Å². The number of carbonyl (C=O) groups excluding carboxylic acids is 1. The van der Waals surface area contributed by atoms with Gasteiger partial charge in [0.1, 0.15) is 0 Å². The third kappa shape index (κ3) is 5.71. The molecule has 0 spiro atoms. The largest absolute Gasteiger partial charge is 0.353 e. The van der Waals surface area contributed by atoms with Gasteiger partial charge >= 0.3 is 0 Å². The van der Waals surface area contributed by atoms with Crippen LogP contribution in [-0.4, -0.2) is 50.6 Å². The standard InChI is InChI=1S/C8H19N3O3S/c1-7(2)10-8(12)6-11(3)15(13,14)5-4-9/h7H,4-6,9H2,1-3H3,(H,10,12). The molecular formula is C8H19N3O3S. The summed E-state index contributed by atoms with van der Waals surface area (Å²) >= 11 is 0. The Kier molecular flexibility index (Phi) is 5.77. The summed E-state index contributed by atoms with van der Waals surface area (Å²) in [4.78, 5) is 11.3. The maximum atomic E-state index is 11.4. The van der Waals surface area contributed by atoms with E-state index in [1.54, 1.807) is 0 Å². The van der Waals surface area contributed by atoms with Crippen LogP contribution in [0, 0.1) is 0 Å². The van der Waals surface area contributed by atoms with Gasteiger partial charge in [0.2, 0.25) is 15.9 Å². The van der Waals surface area contributed by atoms with Crippen LogP contribution in [0.25, 0.3) is 0 Å². The molecule has 0 saturated carbocycles. The second-order valence-corrected chi connectivity index (χ2v) is 5.78. The first-order chi connectivity index (χ1) is 6.79. The van der Waals surface area contributed by atoms with Crippen molar-refractivity contribution in [1.29, 1.82) is 0 Å². The van der Waals surface area contributed by atoms with Crippen LogP contribution in [0.1, 0.15) is 13.8 Å². The minimum Gasteiger partial charge on any atom is -0.353 e. The molecule has 15 heavy (non-hydrogen) atoms. The number of likely N-dealkylation sites (N-methyl/N-ethyl adjacent to an activating group) is 1. The van der Waals surface area contributed by atoms with Crippen LogP contribution in [0.15, 0.2) is 0 Å². The molecule has 0 radical (unpaired) electrons. The molecule has 1 amide bonds. The minimum absolute atomic E-state index is 0.00288. The molecule has 0 bridgehead atoms. The highest BCUT2D eigenvalue weighted by Crippen LogP contribution is 1.96. The maximum Gasteiger partial charge on any atom is 0.235 e. The molecule has 0 aromatic heterocycles. The zero-order valence-electron chi connectivity index (χ0n) is 9.36. The number of hydrogen-bond acceptors (Lipinski definition) is 4. The topological polar surface area (TPSA) is 92.5 Å². The molecule has 0 unspecified atom stereocenters. The van der Waals surface area contributed by atoms with Crippen LogP contribution in [0.5, 0.6) is 0 Å². The predicted molar refractivity (Wildman–Crippen MR) is 58.7 cm³/mol. The predicted octanol–water partition coefficient (Wildman–Crippen LogP) is -1.27. The molecule has 0 aliphatic rings. The number of rotatable bonds is 6. The Morgan fingerprint density at radius 1 is 1.47 bits per heavy atom. The average Bonchev–Trinajstić information content (AvgIpc) is 2.01. The Bertz CT molecular complexity index is 300. The lowest BCUT2D eigenvalue weighted by molar-refractivity contribution is -0.121. The lowest BCUT2D eigenvalue weighted by Gasteiger charge is -2.17. The van der Waals surface area contributed by atoms with E-state index in [0.29, 0.717) is 0 Å². The fraction of sp³-hybridized carbons (Fsp3) is 0.875. The fourth-order valence-corrected chi connectivity index (χ4v) is 1.90. The van der Waals surface area contributed by atoms with Crippen LogP contribution < -0.4 is 11.1 Å². The lowest BCUT2D eigenvalue weighted by atomic mass is 10.4. The van der Waals surface area contributed by atoms with Gasteiger partial charge in [-0.25, -0.2) is 8.42 Å². The smallest absolute Gasteiger partial charge is 0.235 e. The van der Waals surface area contributed by atoms with Gasteiger partial charge in [-0.2, -0.15) is 4.31 Å². The molecule has 7 heteroatoms. The zero-order chi connectivity index (χ0) is 12.1. The summed E-state index contributed by atoms with van der Waals surface area (Å²) in [5.41, 5.74) is 5.16. The molecule has 0 aliphatic heterocycles. The van der Waals surface area contributed by atoms with E-state index in [1.165, 1.54) is 7.05 Å². The highest BCUT2D eigenvalue weighted by atomic mass is 32.2. The lowest BCUT2D eigenvalue weighted by Crippen LogP contribution is -2.42. The van der Waals surface area contributed by atoms with Gasteiger partial charge in [0, 0.05) is 19.6 Å². The summed E-state index contributed by atoms with van der Waals surface area (Å²) in [6.07, 6.45) is 0. The van der Waals surface area contributed by atoms with Crippen LogP contribution in [0.4, 0.5) is 0 Å². The summed E-state index contributed by atoms with van der Waals surface area (Å²) in [7, 11) is -2.03. The molecule has 0 atom stereocenters. The second kappa shape index (κ2) is 6.04. The van der Waals surface area contributed by atoms with E-state index >= 15 is 0 Å². The number of sulfonamides is 1. The molecule has 0 rings (SSSR count). The summed E-state index contributed by atoms with van der Waals surface area (Å²) < 4.78 is 23.8. The van der Waals surface area contributed by atoms with Gasteiger partial charge in [-0.15, -0.1) is 0 Å². The van der Waals surface area contributed by atoms with E-state index < -0.39 is 10.0 Å². The van der Waals surface area contributed by atoms with Crippen LogP contribution in [-0.2, 0) is 14.8 Å². The number of nitrogens with one attached hydrogen (secondary N) is 1.